The van der Waals surface area contributed by atoms with Gasteiger partial charge in [0.2, 0.25) is 0 Å². The minimum absolute atomic E-state index is 0.116. The predicted octanol–water partition coefficient (Wildman–Crippen LogP) is 4.80. The Morgan fingerprint density at radius 3 is 2.67 bits per heavy atom. The van der Waals surface area contributed by atoms with Crippen molar-refractivity contribution in [3.8, 4) is 11.3 Å². The highest BCUT2D eigenvalue weighted by Gasteiger charge is 2.20. The molecule has 1 saturated heterocycles. The van der Waals surface area contributed by atoms with E-state index >= 15 is 0 Å². The average Bonchev–Trinajstić information content (AvgIpc) is 3.13. The average molecular weight is 443 g/mol. The van der Waals surface area contributed by atoms with Gasteiger partial charge in [0.1, 0.15) is 0 Å². The summed E-state index contributed by atoms with van der Waals surface area (Å²) in [5, 5.41) is 3.37. The standard InChI is InChI=1S/C28H34N4O/c1-20(2)25-18-23(28(33)32-16-7-14-29-15-17-32)11-12-24(25)27-19-30-21(3)26(31-27)13-10-22-8-5-4-6-9-22/h4-6,8-9,11-12,18-20,29H,7,10,13-17H2,1-3H3. The van der Waals surface area contributed by atoms with Crippen molar-refractivity contribution in [1.29, 1.82) is 0 Å². The molecule has 0 aliphatic carbocycles. The van der Waals surface area contributed by atoms with Crippen molar-refractivity contribution in [2.24, 2.45) is 0 Å². The zero-order valence-electron chi connectivity index (χ0n) is 20.0. The van der Waals surface area contributed by atoms with Gasteiger partial charge in [-0.2, -0.15) is 0 Å². The lowest BCUT2D eigenvalue weighted by Gasteiger charge is -2.21. The van der Waals surface area contributed by atoms with Crippen LogP contribution < -0.4 is 5.32 Å². The Morgan fingerprint density at radius 2 is 1.88 bits per heavy atom. The third-order valence-corrected chi connectivity index (χ3v) is 6.37. The number of carbonyl (C=O) groups excluding carboxylic acids is 1. The van der Waals surface area contributed by atoms with Crippen LogP contribution >= 0.6 is 0 Å². The molecule has 4 rings (SSSR count). The molecule has 33 heavy (non-hydrogen) atoms. The Hall–Kier alpha value is -3.05. The molecule has 2 heterocycles. The molecule has 0 spiro atoms. The Balaban J connectivity index is 1.60. The minimum Gasteiger partial charge on any atom is -0.337 e. The number of nitrogens with zero attached hydrogens (tertiary/aromatic N) is 3. The second kappa shape index (κ2) is 10.7. The molecular formula is C28H34N4O. The largest absolute Gasteiger partial charge is 0.337 e. The van der Waals surface area contributed by atoms with Crippen LogP contribution in [-0.2, 0) is 12.8 Å². The summed E-state index contributed by atoms with van der Waals surface area (Å²) in [6.07, 6.45) is 4.65. The Bertz CT molecular complexity index is 1090. The lowest BCUT2D eigenvalue weighted by Crippen LogP contribution is -2.34. The van der Waals surface area contributed by atoms with Crippen molar-refractivity contribution in [2.45, 2.75) is 46.0 Å². The van der Waals surface area contributed by atoms with E-state index in [1.807, 2.05) is 30.2 Å². The summed E-state index contributed by atoms with van der Waals surface area (Å²) in [4.78, 5) is 24.8. The molecule has 1 amide bonds. The smallest absolute Gasteiger partial charge is 0.253 e. The number of nitrogens with one attached hydrogen (secondary N) is 1. The Morgan fingerprint density at radius 1 is 1.06 bits per heavy atom. The maximum Gasteiger partial charge on any atom is 0.253 e. The first kappa shape index (κ1) is 23.1. The van der Waals surface area contributed by atoms with Gasteiger partial charge in [-0.3, -0.25) is 9.78 Å². The molecule has 172 valence electrons. The van der Waals surface area contributed by atoms with Crippen molar-refractivity contribution in [2.75, 3.05) is 26.2 Å². The van der Waals surface area contributed by atoms with E-state index in [0.29, 0.717) is 0 Å². The van der Waals surface area contributed by atoms with Crippen molar-refractivity contribution < 1.29 is 4.79 Å². The molecule has 0 bridgehead atoms. The fraction of sp³-hybridized carbons (Fsp3) is 0.393. The molecule has 5 nitrogen and oxygen atoms in total. The molecule has 0 atom stereocenters. The summed E-state index contributed by atoms with van der Waals surface area (Å²) in [5.74, 6) is 0.389. The molecule has 1 aromatic heterocycles. The molecule has 1 N–H and O–H groups in total. The predicted molar refractivity (Wildman–Crippen MR) is 134 cm³/mol. The fourth-order valence-electron chi connectivity index (χ4n) is 4.40. The van der Waals surface area contributed by atoms with Gasteiger partial charge in [0, 0.05) is 30.8 Å². The van der Waals surface area contributed by atoms with Gasteiger partial charge in [0.25, 0.3) is 5.91 Å². The summed E-state index contributed by atoms with van der Waals surface area (Å²) in [6.45, 7) is 9.74. The van der Waals surface area contributed by atoms with Crippen LogP contribution in [0.3, 0.4) is 0 Å². The lowest BCUT2D eigenvalue weighted by molar-refractivity contribution is 0.0766. The van der Waals surface area contributed by atoms with Crippen LogP contribution in [0.25, 0.3) is 11.3 Å². The van der Waals surface area contributed by atoms with E-state index in [0.717, 1.165) is 79.2 Å². The lowest BCUT2D eigenvalue weighted by atomic mass is 9.93. The monoisotopic (exact) mass is 442 g/mol. The van der Waals surface area contributed by atoms with Crippen LogP contribution in [-0.4, -0.2) is 47.0 Å². The molecule has 1 aliphatic heterocycles. The van der Waals surface area contributed by atoms with Gasteiger partial charge in [-0.1, -0.05) is 50.2 Å². The van der Waals surface area contributed by atoms with Gasteiger partial charge in [0.15, 0.2) is 0 Å². The van der Waals surface area contributed by atoms with E-state index in [-0.39, 0.29) is 11.8 Å². The topological polar surface area (TPSA) is 58.1 Å². The van der Waals surface area contributed by atoms with Crippen LogP contribution in [0, 0.1) is 6.92 Å². The summed E-state index contributed by atoms with van der Waals surface area (Å²) < 4.78 is 0. The Labute approximate surface area is 197 Å². The Kier molecular flexibility index (Phi) is 7.50. The number of amides is 1. The van der Waals surface area contributed by atoms with Gasteiger partial charge < -0.3 is 10.2 Å². The summed E-state index contributed by atoms with van der Waals surface area (Å²) in [5.41, 5.74) is 7.15. The van der Waals surface area contributed by atoms with Crippen molar-refractivity contribution in [3.05, 3.63) is 82.8 Å². The second-order valence-electron chi connectivity index (χ2n) is 9.13. The molecule has 0 radical (unpaired) electrons. The van der Waals surface area contributed by atoms with Crippen LogP contribution in [0.5, 0.6) is 0 Å². The van der Waals surface area contributed by atoms with Crippen molar-refractivity contribution >= 4 is 5.91 Å². The highest BCUT2D eigenvalue weighted by atomic mass is 16.2. The summed E-state index contributed by atoms with van der Waals surface area (Å²) in [7, 11) is 0. The second-order valence-corrected chi connectivity index (χ2v) is 9.13. The van der Waals surface area contributed by atoms with Gasteiger partial charge in [-0.25, -0.2) is 4.98 Å². The number of hydrogen-bond donors (Lipinski definition) is 1. The van der Waals surface area contributed by atoms with Crippen molar-refractivity contribution in [3.63, 3.8) is 0 Å². The van der Waals surface area contributed by atoms with Gasteiger partial charge in [-0.05, 0) is 61.9 Å². The van der Waals surface area contributed by atoms with Crippen LogP contribution in [0.4, 0.5) is 0 Å². The summed E-state index contributed by atoms with van der Waals surface area (Å²) in [6, 6.07) is 16.6. The van der Waals surface area contributed by atoms with E-state index in [4.69, 9.17) is 4.98 Å². The number of aryl methyl sites for hydroxylation is 3. The third kappa shape index (κ3) is 5.66. The number of carbonyl (C=O) groups is 1. The summed E-state index contributed by atoms with van der Waals surface area (Å²) >= 11 is 0. The molecule has 2 aromatic carbocycles. The van der Waals surface area contributed by atoms with Gasteiger partial charge in [-0.15, -0.1) is 0 Å². The van der Waals surface area contributed by atoms with Gasteiger partial charge >= 0.3 is 0 Å². The highest BCUT2D eigenvalue weighted by molar-refractivity contribution is 5.95. The van der Waals surface area contributed by atoms with Crippen LogP contribution in [0.2, 0.25) is 0 Å². The SMILES string of the molecule is Cc1ncc(-c2ccc(C(=O)N3CCCNCC3)cc2C(C)C)nc1CCc1ccccc1. The maximum absolute atomic E-state index is 13.2. The van der Waals surface area contributed by atoms with Crippen LogP contribution in [0.1, 0.15) is 59.1 Å². The quantitative estimate of drug-likeness (QED) is 0.596. The maximum atomic E-state index is 13.2. The molecule has 0 saturated carbocycles. The first-order valence-corrected chi connectivity index (χ1v) is 12.0. The third-order valence-electron chi connectivity index (χ3n) is 6.37. The van der Waals surface area contributed by atoms with Gasteiger partial charge in [0.05, 0.1) is 23.3 Å². The van der Waals surface area contributed by atoms with E-state index in [1.54, 1.807) is 0 Å². The van der Waals surface area contributed by atoms with Crippen LogP contribution in [0.15, 0.2) is 54.7 Å². The molecule has 1 aliphatic rings. The zero-order chi connectivity index (χ0) is 23.2. The number of hydrogen-bond acceptors (Lipinski definition) is 4. The molecule has 3 aromatic rings. The van der Waals surface area contributed by atoms with E-state index in [2.05, 4.69) is 60.5 Å². The highest BCUT2D eigenvalue weighted by Crippen LogP contribution is 2.30. The zero-order valence-corrected chi connectivity index (χ0v) is 20.0. The number of rotatable bonds is 6. The number of aromatic nitrogens is 2. The molecule has 1 fully saturated rings. The van der Waals surface area contributed by atoms with E-state index in [1.165, 1.54) is 5.56 Å². The normalized spacial score (nSPS) is 14.4. The number of benzene rings is 2. The van der Waals surface area contributed by atoms with E-state index in [9.17, 15) is 4.79 Å². The molecular weight excluding hydrogens is 408 g/mol. The first-order chi connectivity index (χ1) is 16.0. The molecule has 0 unspecified atom stereocenters. The first-order valence-electron chi connectivity index (χ1n) is 12.0. The molecule has 5 heteroatoms. The minimum atomic E-state index is 0.116. The van der Waals surface area contributed by atoms with Crippen molar-refractivity contribution in [1.82, 2.24) is 20.2 Å². The van der Waals surface area contributed by atoms with E-state index < -0.39 is 0 Å². The fourth-order valence-corrected chi connectivity index (χ4v) is 4.40.